The molecule has 4 heteroatoms. The number of carbonyl (C=O) groups is 1. The third kappa shape index (κ3) is 29.5. The van der Waals surface area contributed by atoms with Crippen LogP contribution in [0.1, 0.15) is 168 Å². The van der Waals surface area contributed by atoms with Crippen molar-refractivity contribution in [1.29, 1.82) is 0 Å². The SMILES string of the molecule is CCCCC/C=C\CCCCCCCCOCC(CO)OC(=O)CCCCCCCCCCCCCC. The van der Waals surface area contributed by atoms with Gasteiger partial charge in [0.2, 0.25) is 0 Å². The van der Waals surface area contributed by atoms with Gasteiger partial charge in [0.25, 0.3) is 0 Å². The molecule has 1 N–H and O–H groups in total. The topological polar surface area (TPSA) is 55.8 Å². The highest BCUT2D eigenvalue weighted by atomic mass is 16.6. The van der Waals surface area contributed by atoms with E-state index >= 15 is 0 Å². The zero-order valence-corrected chi connectivity index (χ0v) is 25.0. The monoisotopic (exact) mass is 524 g/mol. The lowest BCUT2D eigenvalue weighted by molar-refractivity contribution is -0.154. The van der Waals surface area contributed by atoms with Gasteiger partial charge in [0.15, 0.2) is 0 Å². The fraction of sp³-hybridized carbons (Fsp3) is 0.909. The highest BCUT2D eigenvalue weighted by Gasteiger charge is 2.13. The number of allylic oxidation sites excluding steroid dienone is 2. The van der Waals surface area contributed by atoms with Gasteiger partial charge >= 0.3 is 5.97 Å². The van der Waals surface area contributed by atoms with E-state index in [0.717, 1.165) is 19.3 Å². The minimum Gasteiger partial charge on any atom is -0.457 e. The molecule has 0 saturated heterocycles. The zero-order valence-electron chi connectivity index (χ0n) is 25.0. The van der Waals surface area contributed by atoms with Crippen molar-refractivity contribution in [2.45, 2.75) is 174 Å². The van der Waals surface area contributed by atoms with Crippen molar-refractivity contribution in [3.8, 4) is 0 Å². The molecule has 4 nitrogen and oxygen atoms in total. The Hall–Kier alpha value is -0.870. The van der Waals surface area contributed by atoms with Crippen molar-refractivity contribution in [2.24, 2.45) is 0 Å². The maximum Gasteiger partial charge on any atom is 0.306 e. The molecule has 0 aromatic heterocycles. The average Bonchev–Trinajstić information content (AvgIpc) is 2.90. The molecule has 0 saturated carbocycles. The van der Waals surface area contributed by atoms with E-state index in [1.165, 1.54) is 128 Å². The lowest BCUT2D eigenvalue weighted by Crippen LogP contribution is -2.27. The number of esters is 1. The van der Waals surface area contributed by atoms with E-state index in [9.17, 15) is 9.90 Å². The molecule has 1 atom stereocenters. The molecule has 0 aliphatic heterocycles. The number of rotatable bonds is 30. The number of hydrogen-bond acceptors (Lipinski definition) is 4. The van der Waals surface area contributed by atoms with Crippen LogP contribution in [-0.2, 0) is 14.3 Å². The standard InChI is InChI=1S/C33H64O4/c1-3-5-7-9-11-13-15-17-19-21-23-25-27-29-36-31-32(30-34)37-33(35)28-26-24-22-20-18-16-14-12-10-8-6-4-2/h11,13,32,34H,3-10,12,14-31H2,1-2H3/b13-11-. The minimum absolute atomic E-state index is 0.169. The molecule has 0 fully saturated rings. The molecule has 0 aromatic rings. The van der Waals surface area contributed by atoms with Crippen LogP contribution in [0.15, 0.2) is 12.2 Å². The second-order valence-corrected chi connectivity index (χ2v) is 10.9. The fourth-order valence-electron chi connectivity index (χ4n) is 4.62. The second kappa shape index (κ2) is 31.3. The van der Waals surface area contributed by atoms with Crippen molar-refractivity contribution in [3.63, 3.8) is 0 Å². The van der Waals surface area contributed by atoms with Crippen molar-refractivity contribution < 1.29 is 19.4 Å². The molecule has 0 aliphatic rings. The van der Waals surface area contributed by atoms with Crippen LogP contribution in [0.5, 0.6) is 0 Å². The number of aliphatic hydroxyl groups is 1. The van der Waals surface area contributed by atoms with Crippen LogP contribution < -0.4 is 0 Å². The predicted molar refractivity (Wildman–Crippen MR) is 159 cm³/mol. The molecule has 0 rings (SSSR count). The summed E-state index contributed by atoms with van der Waals surface area (Å²) in [4.78, 5) is 12.1. The molecule has 0 heterocycles. The molecule has 220 valence electrons. The van der Waals surface area contributed by atoms with E-state index in [4.69, 9.17) is 9.47 Å². The van der Waals surface area contributed by atoms with Gasteiger partial charge in [0.1, 0.15) is 6.10 Å². The normalized spacial score (nSPS) is 12.4. The minimum atomic E-state index is -0.528. The summed E-state index contributed by atoms with van der Waals surface area (Å²) in [7, 11) is 0. The number of hydrogen-bond donors (Lipinski definition) is 1. The quantitative estimate of drug-likeness (QED) is 0.0577. The maximum atomic E-state index is 12.1. The second-order valence-electron chi connectivity index (χ2n) is 10.9. The van der Waals surface area contributed by atoms with Gasteiger partial charge in [-0.2, -0.15) is 0 Å². The van der Waals surface area contributed by atoms with E-state index in [1.54, 1.807) is 0 Å². The number of carbonyl (C=O) groups excluding carboxylic acids is 1. The van der Waals surface area contributed by atoms with Gasteiger partial charge < -0.3 is 14.6 Å². The van der Waals surface area contributed by atoms with Gasteiger partial charge in [-0.25, -0.2) is 0 Å². The van der Waals surface area contributed by atoms with E-state index in [-0.39, 0.29) is 12.6 Å². The summed E-state index contributed by atoms with van der Waals surface area (Å²) in [5.41, 5.74) is 0. The van der Waals surface area contributed by atoms with E-state index in [0.29, 0.717) is 19.6 Å². The summed E-state index contributed by atoms with van der Waals surface area (Å²) in [6, 6.07) is 0. The van der Waals surface area contributed by atoms with Gasteiger partial charge in [-0.3, -0.25) is 4.79 Å². The third-order valence-electron chi connectivity index (χ3n) is 7.09. The van der Waals surface area contributed by atoms with E-state index in [2.05, 4.69) is 26.0 Å². The molecule has 0 bridgehead atoms. The Bertz CT molecular complexity index is 477. The third-order valence-corrected chi connectivity index (χ3v) is 7.09. The Balaban J connectivity index is 3.44. The molecule has 0 spiro atoms. The molecule has 0 amide bonds. The molecule has 0 aliphatic carbocycles. The van der Waals surface area contributed by atoms with Gasteiger partial charge in [0, 0.05) is 13.0 Å². The Morgan fingerprint density at radius 1 is 0.622 bits per heavy atom. The summed E-state index contributed by atoms with van der Waals surface area (Å²) in [5, 5.41) is 9.50. The zero-order chi connectivity index (χ0) is 27.1. The van der Waals surface area contributed by atoms with Crippen LogP contribution in [0.2, 0.25) is 0 Å². The first-order chi connectivity index (χ1) is 18.2. The molecule has 0 radical (unpaired) electrons. The average molecular weight is 525 g/mol. The Morgan fingerprint density at radius 2 is 1.05 bits per heavy atom. The maximum absolute atomic E-state index is 12.1. The van der Waals surface area contributed by atoms with Gasteiger partial charge in [-0.05, 0) is 38.5 Å². The van der Waals surface area contributed by atoms with Gasteiger partial charge in [0.05, 0.1) is 13.2 Å². The van der Waals surface area contributed by atoms with Gasteiger partial charge in [-0.15, -0.1) is 0 Å². The molecule has 37 heavy (non-hydrogen) atoms. The van der Waals surface area contributed by atoms with Crippen LogP contribution in [0.3, 0.4) is 0 Å². The van der Waals surface area contributed by atoms with Crippen LogP contribution in [-0.4, -0.2) is 37.0 Å². The summed E-state index contributed by atoms with van der Waals surface area (Å²) in [6.07, 6.45) is 33.8. The van der Waals surface area contributed by atoms with Crippen LogP contribution in [0.25, 0.3) is 0 Å². The summed E-state index contributed by atoms with van der Waals surface area (Å²) in [6.45, 7) is 5.32. The first kappa shape index (κ1) is 36.1. The first-order valence-electron chi connectivity index (χ1n) is 16.3. The van der Waals surface area contributed by atoms with Gasteiger partial charge in [-0.1, -0.05) is 135 Å². The Morgan fingerprint density at radius 3 is 1.59 bits per heavy atom. The lowest BCUT2D eigenvalue weighted by Gasteiger charge is -2.15. The lowest BCUT2D eigenvalue weighted by atomic mass is 10.0. The van der Waals surface area contributed by atoms with Crippen LogP contribution in [0.4, 0.5) is 0 Å². The largest absolute Gasteiger partial charge is 0.457 e. The highest BCUT2D eigenvalue weighted by Crippen LogP contribution is 2.13. The van der Waals surface area contributed by atoms with Crippen LogP contribution >= 0.6 is 0 Å². The molecular weight excluding hydrogens is 460 g/mol. The Labute approximate surface area is 231 Å². The smallest absolute Gasteiger partial charge is 0.306 e. The number of unbranched alkanes of at least 4 members (excludes halogenated alkanes) is 20. The Kier molecular flexibility index (Phi) is 30.6. The van der Waals surface area contributed by atoms with E-state index < -0.39 is 6.10 Å². The van der Waals surface area contributed by atoms with Crippen molar-refractivity contribution in [3.05, 3.63) is 12.2 Å². The number of aliphatic hydroxyl groups excluding tert-OH is 1. The highest BCUT2D eigenvalue weighted by molar-refractivity contribution is 5.69. The van der Waals surface area contributed by atoms with Crippen molar-refractivity contribution in [1.82, 2.24) is 0 Å². The molecule has 0 aromatic carbocycles. The first-order valence-corrected chi connectivity index (χ1v) is 16.3. The van der Waals surface area contributed by atoms with E-state index in [1.807, 2.05) is 0 Å². The summed E-state index contributed by atoms with van der Waals surface area (Å²) in [5.74, 6) is -0.203. The number of ether oxygens (including phenoxy) is 2. The van der Waals surface area contributed by atoms with Crippen LogP contribution in [0, 0.1) is 0 Å². The predicted octanol–water partition coefficient (Wildman–Crippen LogP) is 9.87. The molecule has 1 unspecified atom stereocenters. The van der Waals surface area contributed by atoms with Crippen molar-refractivity contribution >= 4 is 5.97 Å². The summed E-state index contributed by atoms with van der Waals surface area (Å²) < 4.78 is 11.1. The summed E-state index contributed by atoms with van der Waals surface area (Å²) >= 11 is 0. The van der Waals surface area contributed by atoms with Crippen molar-refractivity contribution in [2.75, 3.05) is 19.8 Å². The fourth-order valence-corrected chi connectivity index (χ4v) is 4.62. The molecular formula is C33H64O4.